The third-order valence-corrected chi connectivity index (χ3v) is 6.39. The predicted octanol–water partition coefficient (Wildman–Crippen LogP) is 1.57. The predicted molar refractivity (Wildman–Crippen MR) is 129 cm³/mol. The third-order valence-electron chi connectivity index (χ3n) is 6.39. The molecule has 5 rings (SSSR count). The summed E-state index contributed by atoms with van der Waals surface area (Å²) < 4.78 is 44.7. The number of carbonyl (C=O) groups excluding carboxylic acids is 4. The number of hydrogen-bond donors (Lipinski definition) is 4. The van der Waals surface area contributed by atoms with Gasteiger partial charge in [-0.05, 0) is 11.6 Å². The van der Waals surface area contributed by atoms with Crippen LogP contribution in [0.2, 0.25) is 0 Å². The van der Waals surface area contributed by atoms with Crippen molar-refractivity contribution in [3.05, 3.63) is 52.8 Å². The third kappa shape index (κ3) is 4.41. The maximum Gasteiger partial charge on any atom is 0.406 e. The first kappa shape index (κ1) is 25.7. The van der Waals surface area contributed by atoms with Crippen LogP contribution in [0.15, 0.2) is 28.7 Å². The lowest BCUT2D eigenvalue weighted by Gasteiger charge is -2.28. The van der Waals surface area contributed by atoms with E-state index in [1.165, 1.54) is 37.3 Å². The van der Waals surface area contributed by atoms with Gasteiger partial charge in [0.15, 0.2) is 34.3 Å². The Morgan fingerprint density at radius 1 is 1.21 bits per heavy atom. The number of hydrogen-bond acceptors (Lipinski definition) is 9. The molecule has 1 saturated heterocycles. The molecule has 1 fully saturated rings. The van der Waals surface area contributed by atoms with Crippen molar-refractivity contribution in [1.82, 2.24) is 25.8 Å². The van der Waals surface area contributed by atoms with E-state index in [0.29, 0.717) is 5.56 Å². The minimum Gasteiger partial charge on any atom is -0.494 e. The molecule has 1 aromatic carbocycles. The smallest absolute Gasteiger partial charge is 0.406 e. The topological polar surface area (TPSA) is 164 Å². The molecule has 4 heterocycles. The van der Waals surface area contributed by atoms with E-state index < -0.39 is 47.7 Å². The first-order chi connectivity index (χ1) is 18.7. The number of benzene rings is 1. The summed E-state index contributed by atoms with van der Waals surface area (Å²) in [5.41, 5.74) is -1.59. The van der Waals surface area contributed by atoms with Crippen LogP contribution in [0.1, 0.15) is 21.7 Å². The highest BCUT2D eigenvalue weighted by Gasteiger charge is 2.53. The molecule has 0 bridgehead atoms. The van der Waals surface area contributed by atoms with E-state index in [1.807, 2.05) is 0 Å². The van der Waals surface area contributed by atoms with E-state index in [9.17, 15) is 28.0 Å². The fraction of sp³-hybridized carbons (Fsp3) is 0.292. The number of anilines is 1. The molecule has 3 aromatic rings. The fourth-order valence-electron chi connectivity index (χ4n) is 4.52. The van der Waals surface area contributed by atoms with Crippen LogP contribution >= 0.6 is 0 Å². The zero-order chi connectivity index (χ0) is 27.9. The molecule has 2 aromatic heterocycles. The molecule has 4 N–H and O–H groups in total. The summed E-state index contributed by atoms with van der Waals surface area (Å²) in [6, 6.07) is 4.48. The van der Waals surface area contributed by atoms with Gasteiger partial charge < -0.3 is 34.7 Å². The Morgan fingerprint density at radius 2 is 2.00 bits per heavy atom. The molecule has 1 atom stereocenters. The monoisotopic (exact) mass is 544 g/mol. The van der Waals surface area contributed by atoms with Crippen LogP contribution in [-0.2, 0) is 21.6 Å². The molecule has 2 aliphatic heterocycles. The summed E-state index contributed by atoms with van der Waals surface area (Å²) in [6.07, 6.45) is -0.649. The number of amides is 5. The molecule has 0 saturated carbocycles. The Hall–Kier alpha value is -4.95. The molecule has 5 amide bonds. The number of nitrogens with zero attached hydrogens (tertiary/aromatic N) is 2. The zero-order valence-corrected chi connectivity index (χ0v) is 20.6. The molecule has 0 unspecified atom stereocenters. The van der Waals surface area contributed by atoms with Crippen molar-refractivity contribution in [2.75, 3.05) is 39.2 Å². The maximum atomic E-state index is 14.8. The minimum absolute atomic E-state index is 0.0270. The van der Waals surface area contributed by atoms with Gasteiger partial charge in [0.05, 0.1) is 26.3 Å². The highest BCUT2D eigenvalue weighted by atomic mass is 19.1. The number of imide groups is 1. The number of urea groups is 1. The van der Waals surface area contributed by atoms with E-state index in [2.05, 4.69) is 31.0 Å². The number of fused-ring (bicyclic) bond motifs is 2. The van der Waals surface area contributed by atoms with Gasteiger partial charge >= 0.3 is 12.1 Å². The summed E-state index contributed by atoms with van der Waals surface area (Å²) in [5.74, 6) is -3.50. The van der Waals surface area contributed by atoms with Gasteiger partial charge in [0.25, 0.3) is 11.8 Å². The lowest BCUT2D eigenvalue weighted by molar-refractivity contribution is -0.125. The Bertz CT molecular complexity index is 1530. The first-order valence-electron chi connectivity index (χ1n) is 11.6. The Labute approximate surface area is 218 Å². The van der Waals surface area contributed by atoms with Crippen molar-refractivity contribution in [1.29, 1.82) is 0 Å². The number of nitrogens with one attached hydrogen (secondary N) is 4. The van der Waals surface area contributed by atoms with Crippen LogP contribution in [0.5, 0.6) is 5.75 Å². The van der Waals surface area contributed by atoms with Gasteiger partial charge in [0.1, 0.15) is 11.3 Å². The van der Waals surface area contributed by atoms with Crippen molar-refractivity contribution < 1.29 is 41.8 Å². The molecule has 2 aliphatic rings. The standard InChI is InChI=1S/C24H22F2N6O7/c1-37-14-4-3-11-9-32(20(33)17(11)18(14)26)10-24(21(34)30-22(35)31-24)16-8-13-15(39-16)7-12(25)19(29-13)27-5-6-28-23(36)38-2/h3-4,7-8H,5-6,9-10H2,1-2H3,(H,27,29)(H,28,36)(H2,30,31,34,35)/t24-/m0/s1. The SMILES string of the molecule is COC(=O)NCCNc1nc2cc([C@]3(CN4Cc5ccc(OC)c(F)c5C4=O)NC(=O)NC3=O)oc2cc1F. The largest absolute Gasteiger partial charge is 0.494 e. The number of furan rings is 1. The first-order valence-corrected chi connectivity index (χ1v) is 11.6. The molecule has 13 nitrogen and oxygen atoms in total. The molecule has 204 valence electrons. The van der Waals surface area contributed by atoms with E-state index >= 15 is 0 Å². The van der Waals surface area contributed by atoms with Gasteiger partial charge in [0, 0.05) is 31.8 Å². The minimum atomic E-state index is -1.90. The van der Waals surface area contributed by atoms with Crippen molar-refractivity contribution >= 4 is 40.9 Å². The van der Waals surface area contributed by atoms with Crippen molar-refractivity contribution in [3.63, 3.8) is 0 Å². The number of halogens is 2. The quantitative estimate of drug-likeness (QED) is 0.243. The van der Waals surface area contributed by atoms with Crippen LogP contribution < -0.4 is 26.0 Å². The summed E-state index contributed by atoms with van der Waals surface area (Å²) in [5, 5.41) is 9.79. The van der Waals surface area contributed by atoms with Crippen LogP contribution in [0.3, 0.4) is 0 Å². The molecule has 0 radical (unpaired) electrons. The van der Waals surface area contributed by atoms with E-state index in [4.69, 9.17) is 9.15 Å². The average Bonchev–Trinajstić information content (AvgIpc) is 3.55. The summed E-state index contributed by atoms with van der Waals surface area (Å²) in [4.78, 5) is 54.9. The number of methoxy groups -OCH3 is 2. The van der Waals surface area contributed by atoms with E-state index in [-0.39, 0.29) is 53.6 Å². The highest BCUT2D eigenvalue weighted by Crippen LogP contribution is 2.36. The number of aromatic nitrogens is 1. The Balaban J connectivity index is 1.44. The average molecular weight is 544 g/mol. The number of ether oxygens (including phenoxy) is 2. The van der Waals surface area contributed by atoms with Crippen molar-refractivity contribution in [3.8, 4) is 5.75 Å². The van der Waals surface area contributed by atoms with E-state index in [0.717, 1.165) is 6.07 Å². The number of alkyl carbamates (subject to hydrolysis) is 1. The molecular weight excluding hydrogens is 522 g/mol. The molecular formula is C24H22F2N6O7. The number of rotatable bonds is 8. The van der Waals surface area contributed by atoms with E-state index in [1.54, 1.807) is 0 Å². The fourth-order valence-corrected chi connectivity index (χ4v) is 4.52. The number of carbonyl (C=O) groups is 4. The van der Waals surface area contributed by atoms with Crippen LogP contribution in [-0.4, -0.2) is 67.7 Å². The second kappa shape index (κ2) is 9.74. The highest BCUT2D eigenvalue weighted by molar-refractivity contribution is 6.08. The Kier molecular flexibility index (Phi) is 6.41. The zero-order valence-electron chi connectivity index (χ0n) is 20.6. The summed E-state index contributed by atoms with van der Waals surface area (Å²) >= 11 is 0. The van der Waals surface area contributed by atoms with Crippen molar-refractivity contribution in [2.45, 2.75) is 12.1 Å². The summed E-state index contributed by atoms with van der Waals surface area (Å²) in [6.45, 7) is -0.208. The van der Waals surface area contributed by atoms with Gasteiger partial charge in [-0.25, -0.2) is 23.4 Å². The second-order valence-corrected chi connectivity index (χ2v) is 8.75. The molecule has 0 spiro atoms. The van der Waals surface area contributed by atoms with Crippen molar-refractivity contribution in [2.24, 2.45) is 0 Å². The van der Waals surface area contributed by atoms with Gasteiger partial charge in [-0.1, -0.05) is 6.07 Å². The van der Waals surface area contributed by atoms with Gasteiger partial charge in [-0.2, -0.15) is 0 Å². The lowest BCUT2D eigenvalue weighted by Crippen LogP contribution is -2.52. The van der Waals surface area contributed by atoms with Crippen LogP contribution in [0.4, 0.5) is 24.2 Å². The van der Waals surface area contributed by atoms with Gasteiger partial charge in [0.2, 0.25) is 0 Å². The Morgan fingerprint density at radius 3 is 2.69 bits per heavy atom. The van der Waals surface area contributed by atoms with Gasteiger partial charge in [-0.3, -0.25) is 14.9 Å². The van der Waals surface area contributed by atoms with Gasteiger partial charge in [-0.15, -0.1) is 0 Å². The van der Waals surface area contributed by atoms with Crippen LogP contribution in [0, 0.1) is 11.6 Å². The molecule has 0 aliphatic carbocycles. The second-order valence-electron chi connectivity index (χ2n) is 8.75. The maximum absolute atomic E-state index is 14.8. The lowest BCUT2D eigenvalue weighted by atomic mass is 9.95. The summed E-state index contributed by atoms with van der Waals surface area (Å²) in [7, 11) is 2.48. The molecule has 15 heteroatoms. The normalized spacial score (nSPS) is 18.2. The van der Waals surface area contributed by atoms with Crippen LogP contribution in [0.25, 0.3) is 11.1 Å². The number of pyridine rings is 1. The molecule has 39 heavy (non-hydrogen) atoms.